The molecule has 1 heterocycles. The van der Waals surface area contributed by atoms with Crippen LogP contribution in [0.15, 0.2) is 30.3 Å². The summed E-state index contributed by atoms with van der Waals surface area (Å²) in [6.07, 6.45) is 0.665. The zero-order valence-corrected chi connectivity index (χ0v) is 10.1. The zero-order valence-electron chi connectivity index (χ0n) is 10.1. The van der Waals surface area contributed by atoms with E-state index in [9.17, 15) is 5.11 Å². The Kier molecular flexibility index (Phi) is 3.46. The van der Waals surface area contributed by atoms with Gasteiger partial charge in [0.2, 0.25) is 0 Å². The first-order valence-electron chi connectivity index (χ1n) is 6.00. The highest BCUT2D eigenvalue weighted by atomic mass is 16.3. The normalized spacial score (nSPS) is 29.8. The highest BCUT2D eigenvalue weighted by molar-refractivity contribution is 5.15. The Balaban J connectivity index is 1.99. The summed E-state index contributed by atoms with van der Waals surface area (Å²) in [4.78, 5) is 2.24. The fraction of sp³-hybridized carbons (Fsp3) is 0.500. The second kappa shape index (κ2) is 4.87. The number of hydrogen-bond donors (Lipinski definition) is 1. The molecule has 1 aromatic carbocycles. The molecule has 0 unspecified atom stereocenters. The predicted octanol–water partition coefficient (Wildman–Crippen LogP) is 1.78. The van der Waals surface area contributed by atoms with Gasteiger partial charge in [-0.25, -0.2) is 0 Å². The van der Waals surface area contributed by atoms with Gasteiger partial charge in [-0.2, -0.15) is 5.26 Å². The molecule has 2 rings (SSSR count). The average Bonchev–Trinajstić information content (AvgIpc) is 2.33. The van der Waals surface area contributed by atoms with Gasteiger partial charge in [-0.3, -0.25) is 4.90 Å². The van der Waals surface area contributed by atoms with E-state index in [2.05, 4.69) is 23.1 Å². The summed E-state index contributed by atoms with van der Waals surface area (Å²) < 4.78 is 0. The number of aliphatic hydroxyl groups is 1. The molecule has 90 valence electrons. The molecule has 1 aromatic rings. The van der Waals surface area contributed by atoms with Gasteiger partial charge in [-0.05, 0) is 18.9 Å². The van der Waals surface area contributed by atoms with Gasteiger partial charge in [0.1, 0.15) is 0 Å². The number of nitriles is 1. The number of hydrogen-bond acceptors (Lipinski definition) is 3. The van der Waals surface area contributed by atoms with E-state index in [4.69, 9.17) is 5.26 Å². The molecule has 0 bridgehead atoms. The fourth-order valence-corrected chi connectivity index (χ4v) is 2.27. The Labute approximate surface area is 102 Å². The number of rotatable bonds is 2. The van der Waals surface area contributed by atoms with Gasteiger partial charge in [0.15, 0.2) is 0 Å². The van der Waals surface area contributed by atoms with E-state index in [0.717, 1.165) is 13.1 Å². The summed E-state index contributed by atoms with van der Waals surface area (Å²) in [7, 11) is 0. The van der Waals surface area contributed by atoms with Crippen LogP contribution in [-0.2, 0) is 6.54 Å². The minimum atomic E-state index is -0.831. The first-order chi connectivity index (χ1) is 8.12. The maximum atomic E-state index is 10.1. The molecule has 1 aliphatic heterocycles. The Bertz CT molecular complexity index is 408. The van der Waals surface area contributed by atoms with E-state index in [1.54, 1.807) is 6.92 Å². The lowest BCUT2D eigenvalue weighted by molar-refractivity contribution is -0.0383. The van der Waals surface area contributed by atoms with Gasteiger partial charge in [-0.15, -0.1) is 0 Å². The largest absolute Gasteiger partial charge is 0.389 e. The van der Waals surface area contributed by atoms with Crippen molar-refractivity contribution in [1.29, 1.82) is 5.26 Å². The van der Waals surface area contributed by atoms with Crippen LogP contribution in [0.4, 0.5) is 0 Å². The Morgan fingerprint density at radius 1 is 1.47 bits per heavy atom. The van der Waals surface area contributed by atoms with E-state index in [1.165, 1.54) is 5.56 Å². The molecule has 0 spiro atoms. The number of nitrogens with zero attached hydrogens (tertiary/aromatic N) is 2. The minimum Gasteiger partial charge on any atom is -0.389 e. The average molecular weight is 230 g/mol. The standard InChI is InChI=1S/C14H18N2O/c1-14(17)7-8-16(11-13(14)9-15)10-12-5-3-2-4-6-12/h2-6,13,17H,7-8,10-11H2,1H3/t13-,14+/m0/s1. The fourth-order valence-electron chi connectivity index (χ4n) is 2.27. The summed E-state index contributed by atoms with van der Waals surface area (Å²) >= 11 is 0. The molecule has 1 fully saturated rings. The molecule has 1 saturated heterocycles. The molecule has 0 amide bonds. The molecule has 0 radical (unpaired) electrons. The third kappa shape index (κ3) is 2.85. The van der Waals surface area contributed by atoms with Crippen LogP contribution in [0.1, 0.15) is 18.9 Å². The lowest BCUT2D eigenvalue weighted by Crippen LogP contribution is -2.49. The van der Waals surface area contributed by atoms with Crippen molar-refractivity contribution in [2.75, 3.05) is 13.1 Å². The van der Waals surface area contributed by atoms with Crippen molar-refractivity contribution in [3.8, 4) is 6.07 Å². The Hall–Kier alpha value is -1.37. The molecule has 2 atom stereocenters. The summed E-state index contributed by atoms with van der Waals surface area (Å²) in [6.45, 7) is 4.12. The maximum absolute atomic E-state index is 10.1. The van der Waals surface area contributed by atoms with E-state index in [-0.39, 0.29) is 5.92 Å². The number of likely N-dealkylation sites (tertiary alicyclic amines) is 1. The summed E-state index contributed by atoms with van der Waals surface area (Å²) in [6, 6.07) is 12.5. The maximum Gasteiger partial charge on any atom is 0.0875 e. The third-order valence-electron chi connectivity index (χ3n) is 3.53. The highest BCUT2D eigenvalue weighted by Gasteiger charge is 2.37. The van der Waals surface area contributed by atoms with Crippen molar-refractivity contribution in [2.45, 2.75) is 25.5 Å². The van der Waals surface area contributed by atoms with Crippen molar-refractivity contribution in [3.05, 3.63) is 35.9 Å². The van der Waals surface area contributed by atoms with Gasteiger partial charge < -0.3 is 5.11 Å². The van der Waals surface area contributed by atoms with E-state index in [1.807, 2.05) is 18.2 Å². The van der Waals surface area contributed by atoms with Gasteiger partial charge in [0.25, 0.3) is 0 Å². The Morgan fingerprint density at radius 3 is 2.82 bits per heavy atom. The molecule has 3 heteroatoms. The van der Waals surface area contributed by atoms with E-state index >= 15 is 0 Å². The van der Waals surface area contributed by atoms with Crippen molar-refractivity contribution in [2.24, 2.45) is 5.92 Å². The van der Waals surface area contributed by atoms with Crippen LogP contribution in [-0.4, -0.2) is 28.7 Å². The quantitative estimate of drug-likeness (QED) is 0.842. The molecule has 1 aliphatic rings. The summed E-state index contributed by atoms with van der Waals surface area (Å²) in [5.74, 6) is -0.292. The lowest BCUT2D eigenvalue weighted by atomic mass is 9.83. The summed E-state index contributed by atoms with van der Waals surface area (Å²) in [5.41, 5.74) is 0.424. The number of piperidine rings is 1. The van der Waals surface area contributed by atoms with Crippen LogP contribution >= 0.6 is 0 Å². The molecule has 17 heavy (non-hydrogen) atoms. The molecular weight excluding hydrogens is 212 g/mol. The molecular formula is C14H18N2O. The second-order valence-electron chi connectivity index (χ2n) is 5.01. The van der Waals surface area contributed by atoms with Crippen molar-refractivity contribution >= 4 is 0 Å². The zero-order chi connectivity index (χ0) is 12.3. The van der Waals surface area contributed by atoms with Gasteiger partial charge >= 0.3 is 0 Å². The molecule has 1 N–H and O–H groups in total. The smallest absolute Gasteiger partial charge is 0.0875 e. The van der Waals surface area contributed by atoms with Gasteiger partial charge in [0.05, 0.1) is 17.6 Å². The molecule has 0 aliphatic carbocycles. The lowest BCUT2D eigenvalue weighted by Gasteiger charge is -2.39. The van der Waals surface area contributed by atoms with E-state index < -0.39 is 5.60 Å². The van der Waals surface area contributed by atoms with Crippen molar-refractivity contribution in [1.82, 2.24) is 4.90 Å². The SMILES string of the molecule is C[C@@]1(O)CCN(Cc2ccccc2)C[C@@H]1C#N. The van der Waals surface area contributed by atoms with Crippen LogP contribution in [0.3, 0.4) is 0 Å². The highest BCUT2D eigenvalue weighted by Crippen LogP contribution is 2.27. The predicted molar refractivity (Wildman–Crippen MR) is 66.1 cm³/mol. The Morgan fingerprint density at radius 2 is 2.18 bits per heavy atom. The number of benzene rings is 1. The van der Waals surface area contributed by atoms with Crippen LogP contribution in [0, 0.1) is 17.2 Å². The van der Waals surface area contributed by atoms with Crippen molar-refractivity contribution < 1.29 is 5.11 Å². The second-order valence-corrected chi connectivity index (χ2v) is 5.01. The van der Waals surface area contributed by atoms with Crippen LogP contribution in [0.5, 0.6) is 0 Å². The first-order valence-corrected chi connectivity index (χ1v) is 6.00. The molecule has 0 aromatic heterocycles. The van der Waals surface area contributed by atoms with Gasteiger partial charge in [0, 0.05) is 19.6 Å². The van der Waals surface area contributed by atoms with Crippen molar-refractivity contribution in [3.63, 3.8) is 0 Å². The van der Waals surface area contributed by atoms with Gasteiger partial charge in [-0.1, -0.05) is 30.3 Å². The third-order valence-corrected chi connectivity index (χ3v) is 3.53. The minimum absolute atomic E-state index is 0.292. The van der Waals surface area contributed by atoms with E-state index in [0.29, 0.717) is 13.0 Å². The van der Waals surface area contributed by atoms with Crippen LogP contribution in [0.25, 0.3) is 0 Å². The summed E-state index contributed by atoms with van der Waals surface area (Å²) in [5, 5.41) is 19.1. The molecule has 3 nitrogen and oxygen atoms in total. The monoisotopic (exact) mass is 230 g/mol. The van der Waals surface area contributed by atoms with Crippen LogP contribution < -0.4 is 0 Å². The molecule has 0 saturated carbocycles. The topological polar surface area (TPSA) is 47.3 Å². The first kappa shape index (κ1) is 12.1. The van der Waals surface area contributed by atoms with Crippen LogP contribution in [0.2, 0.25) is 0 Å².